The average molecular weight is 207 g/mol. The molecule has 0 heteroatoms. The van der Waals surface area contributed by atoms with Crippen LogP contribution in [0.4, 0.5) is 0 Å². The topological polar surface area (TPSA) is 0 Å². The first-order valence-corrected chi connectivity index (χ1v) is 7.14. The van der Waals surface area contributed by atoms with E-state index >= 15 is 0 Å². The quantitative estimate of drug-likeness (QED) is 0.598. The van der Waals surface area contributed by atoms with Gasteiger partial charge in [-0.1, -0.05) is 33.1 Å². The molecule has 0 atom stereocenters. The van der Waals surface area contributed by atoms with Crippen molar-refractivity contribution < 1.29 is 0 Å². The molecule has 0 heterocycles. The third kappa shape index (κ3) is 2.98. The Kier molecular flexibility index (Phi) is 4.11. The van der Waals surface area contributed by atoms with Crippen molar-refractivity contribution in [1.82, 2.24) is 0 Å². The highest BCUT2D eigenvalue weighted by Gasteiger charge is 2.29. The van der Waals surface area contributed by atoms with Crippen LogP contribution in [0, 0.1) is 23.7 Å². The van der Waals surface area contributed by atoms with Crippen LogP contribution >= 0.6 is 0 Å². The van der Waals surface area contributed by atoms with Gasteiger partial charge in [0, 0.05) is 0 Å². The molecule has 0 aromatic carbocycles. The first-order valence-electron chi connectivity index (χ1n) is 7.14. The van der Waals surface area contributed by atoms with Crippen LogP contribution in [0.15, 0.2) is 0 Å². The Hall–Kier alpha value is 0. The van der Waals surface area contributed by atoms with Crippen LogP contribution in [-0.4, -0.2) is 0 Å². The van der Waals surface area contributed by atoms with Crippen molar-refractivity contribution in [2.24, 2.45) is 17.8 Å². The van der Waals surface area contributed by atoms with E-state index in [2.05, 4.69) is 13.8 Å². The summed E-state index contributed by atoms with van der Waals surface area (Å²) in [6.07, 6.45) is 13.3. The molecule has 2 saturated carbocycles. The van der Waals surface area contributed by atoms with Crippen molar-refractivity contribution in [2.45, 2.75) is 71.6 Å². The van der Waals surface area contributed by atoms with Gasteiger partial charge in [0.25, 0.3) is 0 Å². The van der Waals surface area contributed by atoms with E-state index in [1.165, 1.54) is 57.8 Å². The Balaban J connectivity index is 1.75. The number of hydrogen-bond donors (Lipinski definition) is 0. The molecule has 0 N–H and O–H groups in total. The van der Waals surface area contributed by atoms with Gasteiger partial charge in [-0.25, -0.2) is 0 Å². The fraction of sp³-hybridized carbons (Fsp3) is 0.933. The monoisotopic (exact) mass is 207 g/mol. The summed E-state index contributed by atoms with van der Waals surface area (Å²) in [6, 6.07) is 0. The maximum absolute atomic E-state index is 2.43. The Bertz CT molecular complexity index is 168. The largest absolute Gasteiger partial charge is 0.0651 e. The molecular formula is C15H27. The molecule has 0 nitrogen and oxygen atoms in total. The summed E-state index contributed by atoms with van der Waals surface area (Å²) in [5.74, 6) is 5.04. The van der Waals surface area contributed by atoms with Gasteiger partial charge < -0.3 is 0 Å². The molecule has 0 bridgehead atoms. The minimum Gasteiger partial charge on any atom is -0.0651 e. The lowest BCUT2D eigenvalue weighted by molar-refractivity contribution is 0.251. The molecule has 87 valence electrons. The molecule has 0 unspecified atom stereocenters. The van der Waals surface area contributed by atoms with Crippen LogP contribution in [0.1, 0.15) is 71.6 Å². The highest BCUT2D eigenvalue weighted by Crippen LogP contribution is 2.42. The zero-order valence-corrected chi connectivity index (χ0v) is 10.6. The molecular weight excluding hydrogens is 180 g/mol. The van der Waals surface area contributed by atoms with Gasteiger partial charge in [-0.3, -0.25) is 0 Å². The van der Waals surface area contributed by atoms with Gasteiger partial charge >= 0.3 is 0 Å². The summed E-state index contributed by atoms with van der Waals surface area (Å²) < 4.78 is 0. The molecule has 2 aliphatic rings. The normalized spacial score (nSPS) is 35.6. The fourth-order valence-corrected chi connectivity index (χ4v) is 3.53. The summed E-state index contributed by atoms with van der Waals surface area (Å²) in [5, 5.41) is 0. The predicted molar refractivity (Wildman–Crippen MR) is 66.6 cm³/mol. The van der Waals surface area contributed by atoms with Gasteiger partial charge in [-0.2, -0.15) is 0 Å². The van der Waals surface area contributed by atoms with E-state index in [0.29, 0.717) is 0 Å². The second-order valence-electron chi connectivity index (χ2n) is 5.97. The Morgan fingerprint density at radius 2 is 1.53 bits per heavy atom. The van der Waals surface area contributed by atoms with Crippen LogP contribution in [0.2, 0.25) is 0 Å². The van der Waals surface area contributed by atoms with E-state index < -0.39 is 0 Å². The van der Waals surface area contributed by atoms with Gasteiger partial charge in [0.15, 0.2) is 0 Å². The number of hydrogen-bond acceptors (Lipinski definition) is 0. The van der Waals surface area contributed by atoms with Crippen LogP contribution in [0.5, 0.6) is 0 Å². The van der Waals surface area contributed by atoms with Gasteiger partial charge in [-0.05, 0) is 62.2 Å². The van der Waals surface area contributed by atoms with E-state index in [1.54, 1.807) is 0 Å². The molecule has 0 aromatic rings. The molecule has 1 radical (unpaired) electrons. The standard InChI is InChI=1S/C15H27/c1-3-13-6-10-15(11-7-13)14-8-4-12(2)5-9-14/h12-14H,3-11H2,1-2H3. The predicted octanol–water partition coefficient (Wildman–Crippen LogP) is 4.99. The van der Waals surface area contributed by atoms with Crippen LogP contribution in [0.25, 0.3) is 0 Å². The maximum atomic E-state index is 2.43. The zero-order chi connectivity index (χ0) is 10.7. The smallest absolute Gasteiger partial charge is 0.0210 e. The molecule has 2 rings (SSSR count). The maximum Gasteiger partial charge on any atom is -0.0210 e. The highest BCUT2D eigenvalue weighted by molar-refractivity contribution is 5.01. The van der Waals surface area contributed by atoms with Crippen molar-refractivity contribution in [3.05, 3.63) is 5.92 Å². The van der Waals surface area contributed by atoms with E-state index in [-0.39, 0.29) is 0 Å². The SMILES string of the molecule is CCC1CC[C](C2CCC(C)CC2)CC1. The van der Waals surface area contributed by atoms with E-state index in [1.807, 2.05) is 5.92 Å². The van der Waals surface area contributed by atoms with Crippen molar-refractivity contribution in [3.8, 4) is 0 Å². The van der Waals surface area contributed by atoms with Gasteiger partial charge in [0.1, 0.15) is 0 Å². The fourth-order valence-electron chi connectivity index (χ4n) is 3.53. The molecule has 15 heavy (non-hydrogen) atoms. The van der Waals surface area contributed by atoms with E-state index in [0.717, 1.165) is 17.8 Å². The van der Waals surface area contributed by atoms with Gasteiger partial charge in [-0.15, -0.1) is 0 Å². The first kappa shape index (κ1) is 11.5. The highest BCUT2D eigenvalue weighted by atomic mass is 14.3. The average Bonchev–Trinajstić information content (AvgIpc) is 2.30. The Morgan fingerprint density at radius 3 is 2.07 bits per heavy atom. The van der Waals surface area contributed by atoms with Crippen molar-refractivity contribution in [1.29, 1.82) is 0 Å². The van der Waals surface area contributed by atoms with Crippen LogP contribution in [-0.2, 0) is 0 Å². The van der Waals surface area contributed by atoms with Gasteiger partial charge in [0.05, 0.1) is 0 Å². The summed E-state index contributed by atoms with van der Waals surface area (Å²) in [6.45, 7) is 4.78. The molecule has 0 amide bonds. The third-order valence-electron chi connectivity index (χ3n) is 4.92. The summed E-state index contributed by atoms with van der Waals surface area (Å²) in [5.41, 5.74) is 0. The molecule has 0 aromatic heterocycles. The summed E-state index contributed by atoms with van der Waals surface area (Å²) >= 11 is 0. The number of rotatable bonds is 2. The van der Waals surface area contributed by atoms with Crippen LogP contribution in [0.3, 0.4) is 0 Å². The van der Waals surface area contributed by atoms with Crippen molar-refractivity contribution in [2.75, 3.05) is 0 Å². The second kappa shape index (κ2) is 5.37. The molecule has 0 spiro atoms. The second-order valence-corrected chi connectivity index (χ2v) is 5.97. The zero-order valence-electron chi connectivity index (χ0n) is 10.6. The Morgan fingerprint density at radius 1 is 0.933 bits per heavy atom. The minimum absolute atomic E-state index is 1.01. The lowest BCUT2D eigenvalue weighted by Gasteiger charge is -2.36. The summed E-state index contributed by atoms with van der Waals surface area (Å²) in [4.78, 5) is 0. The summed E-state index contributed by atoms with van der Waals surface area (Å²) in [7, 11) is 0. The molecule has 0 aliphatic heterocycles. The molecule has 2 fully saturated rings. The van der Waals surface area contributed by atoms with Crippen LogP contribution < -0.4 is 0 Å². The Labute approximate surface area is 95.8 Å². The van der Waals surface area contributed by atoms with Gasteiger partial charge in [0.2, 0.25) is 0 Å². The van der Waals surface area contributed by atoms with Crippen molar-refractivity contribution in [3.63, 3.8) is 0 Å². The first-order chi connectivity index (χ1) is 7.29. The third-order valence-corrected chi connectivity index (χ3v) is 4.92. The van der Waals surface area contributed by atoms with E-state index in [9.17, 15) is 0 Å². The minimum atomic E-state index is 1.01. The lowest BCUT2D eigenvalue weighted by Crippen LogP contribution is -2.23. The molecule has 0 saturated heterocycles. The molecule has 2 aliphatic carbocycles. The lowest BCUT2D eigenvalue weighted by atomic mass is 9.69. The van der Waals surface area contributed by atoms with E-state index in [4.69, 9.17) is 0 Å². The van der Waals surface area contributed by atoms with Crippen molar-refractivity contribution >= 4 is 0 Å².